The van der Waals surface area contributed by atoms with Crippen LogP contribution in [0.25, 0.3) is 0 Å². The highest BCUT2D eigenvalue weighted by atomic mass is 16.5. The number of carbonyl (C=O) groups excluding carboxylic acids is 2. The molecule has 0 bridgehead atoms. The number of hydrogen-bond acceptors (Lipinski definition) is 4. The van der Waals surface area contributed by atoms with Crippen LogP contribution in [0.3, 0.4) is 0 Å². The molecule has 0 fully saturated rings. The number of carbonyl (C=O) groups is 2. The van der Waals surface area contributed by atoms with Crippen LogP contribution in [0.5, 0.6) is 0 Å². The fourth-order valence-electron chi connectivity index (χ4n) is 2.80. The first-order valence-electron chi connectivity index (χ1n) is 9.86. The molecule has 0 aromatic rings. The number of ether oxygens (including phenoxy) is 2. The summed E-state index contributed by atoms with van der Waals surface area (Å²) in [5.74, 6) is -0.545. The van der Waals surface area contributed by atoms with Gasteiger partial charge in [-0.25, -0.2) is 9.59 Å². The van der Waals surface area contributed by atoms with Crippen molar-refractivity contribution < 1.29 is 19.1 Å². The molecule has 0 saturated carbocycles. The van der Waals surface area contributed by atoms with Crippen molar-refractivity contribution in [1.82, 2.24) is 0 Å². The molecule has 0 amide bonds. The van der Waals surface area contributed by atoms with E-state index in [1.807, 2.05) is 13.8 Å². The quantitative estimate of drug-likeness (QED) is 0.434. The summed E-state index contributed by atoms with van der Waals surface area (Å²) in [4.78, 5) is 23.9. The Morgan fingerprint density at radius 2 is 1.63 bits per heavy atom. The number of allylic oxidation sites excluding steroid dienone is 4. The molecule has 0 heterocycles. The number of rotatable bonds is 6. The summed E-state index contributed by atoms with van der Waals surface area (Å²) in [6.07, 6.45) is 7.26. The summed E-state index contributed by atoms with van der Waals surface area (Å²) in [5, 5.41) is 0. The lowest BCUT2D eigenvalue weighted by Crippen LogP contribution is -2.19. The first-order chi connectivity index (χ1) is 12.6. The Morgan fingerprint density at radius 1 is 1.11 bits per heavy atom. The van der Waals surface area contributed by atoms with E-state index in [9.17, 15) is 9.59 Å². The maximum atomic E-state index is 12.1. The van der Waals surface area contributed by atoms with Crippen LogP contribution in [0.15, 0.2) is 34.4 Å². The largest absolute Gasteiger partial charge is 0.466 e. The number of hydrogen-bond donors (Lipinski definition) is 0. The number of methoxy groups -OCH3 is 2. The van der Waals surface area contributed by atoms with Gasteiger partial charge in [0.2, 0.25) is 0 Å². The van der Waals surface area contributed by atoms with Gasteiger partial charge in [-0.1, -0.05) is 64.8 Å². The minimum absolute atomic E-state index is 0.198. The van der Waals surface area contributed by atoms with Gasteiger partial charge in [0, 0.05) is 6.42 Å². The van der Waals surface area contributed by atoms with Gasteiger partial charge < -0.3 is 9.47 Å². The fraction of sp³-hybridized carbons (Fsp3) is 0.652. The van der Waals surface area contributed by atoms with Gasteiger partial charge in [-0.05, 0) is 37.5 Å². The lowest BCUT2D eigenvalue weighted by molar-refractivity contribution is -0.139. The normalized spacial score (nSPS) is 16.0. The van der Waals surface area contributed by atoms with E-state index >= 15 is 0 Å². The Hall–Kier alpha value is -1.84. The second kappa shape index (κ2) is 11.8. The van der Waals surface area contributed by atoms with Gasteiger partial charge in [-0.2, -0.15) is 0 Å². The summed E-state index contributed by atoms with van der Waals surface area (Å²) >= 11 is 0. The van der Waals surface area contributed by atoms with E-state index < -0.39 is 11.9 Å². The molecular weight excluding hydrogens is 340 g/mol. The molecule has 1 atom stereocenters. The van der Waals surface area contributed by atoms with Crippen LogP contribution in [-0.4, -0.2) is 26.2 Å². The van der Waals surface area contributed by atoms with Gasteiger partial charge in [0.1, 0.15) is 0 Å². The Kier molecular flexibility index (Phi) is 11.0. The molecule has 4 heteroatoms. The predicted octanol–water partition coefficient (Wildman–Crippen LogP) is 5.78. The Bertz CT molecular complexity index is 600. The SMILES string of the molecule is CC.COC(=O)C1=C(C(=O)OC)CC(C(C)CC/C=C(\C)C(C)(C)C)=CC1. The zero-order valence-corrected chi connectivity index (χ0v) is 18.7. The monoisotopic (exact) mass is 378 g/mol. The predicted molar refractivity (Wildman–Crippen MR) is 111 cm³/mol. The summed E-state index contributed by atoms with van der Waals surface area (Å²) < 4.78 is 9.64. The molecule has 154 valence electrons. The lowest BCUT2D eigenvalue weighted by Gasteiger charge is -2.23. The van der Waals surface area contributed by atoms with Crippen LogP contribution >= 0.6 is 0 Å². The van der Waals surface area contributed by atoms with Crippen LogP contribution in [0, 0.1) is 11.3 Å². The van der Waals surface area contributed by atoms with Crippen molar-refractivity contribution in [1.29, 1.82) is 0 Å². The van der Waals surface area contributed by atoms with Gasteiger partial charge in [0.15, 0.2) is 0 Å². The highest BCUT2D eigenvalue weighted by Crippen LogP contribution is 2.33. The van der Waals surface area contributed by atoms with E-state index in [0.29, 0.717) is 29.9 Å². The molecule has 1 rings (SSSR count). The third kappa shape index (κ3) is 7.74. The zero-order valence-electron chi connectivity index (χ0n) is 18.7. The van der Waals surface area contributed by atoms with Gasteiger partial charge in [0.05, 0.1) is 25.4 Å². The van der Waals surface area contributed by atoms with Crippen LogP contribution in [0.1, 0.15) is 74.1 Å². The van der Waals surface area contributed by atoms with Gasteiger partial charge in [0.25, 0.3) is 0 Å². The highest BCUT2D eigenvalue weighted by molar-refractivity contribution is 6.01. The molecule has 0 spiro atoms. The summed E-state index contributed by atoms with van der Waals surface area (Å²) in [7, 11) is 2.67. The molecule has 0 aromatic carbocycles. The molecular formula is C23H38O4. The minimum atomic E-state index is -0.452. The molecule has 1 aliphatic rings. The molecule has 4 nitrogen and oxygen atoms in total. The van der Waals surface area contributed by atoms with Crippen molar-refractivity contribution in [3.05, 3.63) is 34.4 Å². The van der Waals surface area contributed by atoms with Crippen molar-refractivity contribution in [3.8, 4) is 0 Å². The van der Waals surface area contributed by atoms with Gasteiger partial charge in [-0.3, -0.25) is 0 Å². The smallest absolute Gasteiger partial charge is 0.334 e. The first kappa shape index (κ1) is 25.2. The maximum Gasteiger partial charge on any atom is 0.334 e. The summed E-state index contributed by atoms with van der Waals surface area (Å²) in [6.45, 7) is 15.0. The van der Waals surface area contributed by atoms with Crippen LogP contribution in [0.2, 0.25) is 0 Å². The molecule has 0 aliphatic heterocycles. The first-order valence-corrected chi connectivity index (χ1v) is 9.86. The lowest BCUT2D eigenvalue weighted by atomic mass is 9.83. The molecule has 1 aliphatic carbocycles. The fourth-order valence-corrected chi connectivity index (χ4v) is 2.80. The average Bonchev–Trinajstić information content (AvgIpc) is 2.66. The van der Waals surface area contributed by atoms with Crippen molar-refractivity contribution in [2.45, 2.75) is 74.1 Å². The highest BCUT2D eigenvalue weighted by Gasteiger charge is 2.27. The Balaban J connectivity index is 0.00000326. The average molecular weight is 379 g/mol. The Morgan fingerprint density at radius 3 is 2.11 bits per heavy atom. The van der Waals surface area contributed by atoms with Crippen LogP contribution in [0.4, 0.5) is 0 Å². The van der Waals surface area contributed by atoms with E-state index in [1.54, 1.807) is 0 Å². The number of esters is 2. The summed E-state index contributed by atoms with van der Waals surface area (Å²) in [6, 6.07) is 0. The van der Waals surface area contributed by atoms with Crippen LogP contribution < -0.4 is 0 Å². The second-order valence-electron chi connectivity index (χ2n) is 7.72. The molecule has 0 aromatic heterocycles. The standard InChI is InChI=1S/C21H32O4.C2H6/c1-14(9-8-10-15(2)21(3,4)5)16-11-12-17(19(22)24-6)18(13-16)20(23)25-7;1-2/h10-11,14H,8-9,12-13H2,1-7H3;1-2H3/b15-10+;. The summed E-state index contributed by atoms with van der Waals surface area (Å²) in [5.41, 5.74) is 3.62. The van der Waals surface area contributed by atoms with Crippen molar-refractivity contribution in [2.75, 3.05) is 14.2 Å². The van der Waals surface area contributed by atoms with Crippen molar-refractivity contribution >= 4 is 11.9 Å². The van der Waals surface area contributed by atoms with Gasteiger partial charge in [-0.15, -0.1) is 0 Å². The van der Waals surface area contributed by atoms with E-state index in [-0.39, 0.29) is 5.41 Å². The molecule has 0 N–H and O–H groups in total. The molecule has 27 heavy (non-hydrogen) atoms. The van der Waals surface area contributed by atoms with Gasteiger partial charge >= 0.3 is 11.9 Å². The third-order valence-corrected chi connectivity index (χ3v) is 5.04. The van der Waals surface area contributed by atoms with E-state index in [1.165, 1.54) is 25.4 Å². The van der Waals surface area contributed by atoms with E-state index in [0.717, 1.165) is 12.8 Å². The van der Waals surface area contributed by atoms with E-state index in [2.05, 4.69) is 46.8 Å². The molecule has 1 unspecified atom stereocenters. The molecule has 0 saturated heterocycles. The van der Waals surface area contributed by atoms with Crippen LogP contribution in [-0.2, 0) is 19.1 Å². The van der Waals surface area contributed by atoms with E-state index in [4.69, 9.17) is 9.47 Å². The van der Waals surface area contributed by atoms with Crippen molar-refractivity contribution in [2.24, 2.45) is 11.3 Å². The second-order valence-corrected chi connectivity index (χ2v) is 7.72. The zero-order chi connectivity index (χ0) is 21.2. The molecule has 0 radical (unpaired) electrons. The third-order valence-electron chi connectivity index (χ3n) is 5.04. The topological polar surface area (TPSA) is 52.6 Å². The maximum absolute atomic E-state index is 12.1. The Labute approximate surface area is 165 Å². The minimum Gasteiger partial charge on any atom is -0.466 e. The van der Waals surface area contributed by atoms with Crippen molar-refractivity contribution in [3.63, 3.8) is 0 Å².